The van der Waals surface area contributed by atoms with Crippen molar-refractivity contribution < 1.29 is 38.1 Å². The molecule has 4 amide bonds. The molecule has 2 aliphatic heterocycles. The number of amides is 4. The van der Waals surface area contributed by atoms with Crippen molar-refractivity contribution in [3.05, 3.63) is 34.9 Å². The number of methoxy groups -OCH3 is 1. The predicted octanol–water partition coefficient (Wildman–Crippen LogP) is 0.717. The van der Waals surface area contributed by atoms with E-state index in [2.05, 4.69) is 5.32 Å². The minimum Gasteiger partial charge on any atom is -0.382 e. The number of piperidine rings is 1. The van der Waals surface area contributed by atoms with Crippen LogP contribution < -0.4 is 5.32 Å². The van der Waals surface area contributed by atoms with Crippen LogP contribution in [-0.4, -0.2) is 87.9 Å². The SMILES string of the molecule is COCCOCCOCCOCCCc1cccc2c1C(=O)N(C1CCC(=O)NC1=O)C2=O. The minimum absolute atomic E-state index is 0.0958. The molecule has 1 aromatic carbocycles. The average molecular weight is 462 g/mol. The van der Waals surface area contributed by atoms with E-state index >= 15 is 0 Å². The minimum atomic E-state index is -0.961. The van der Waals surface area contributed by atoms with Gasteiger partial charge in [-0.25, -0.2) is 0 Å². The number of fused-ring (bicyclic) bond motifs is 1. The van der Waals surface area contributed by atoms with Crippen LogP contribution in [0.3, 0.4) is 0 Å². The lowest BCUT2D eigenvalue weighted by Gasteiger charge is -2.27. The first-order chi connectivity index (χ1) is 16.0. The summed E-state index contributed by atoms with van der Waals surface area (Å²) < 4.78 is 21.2. The number of rotatable bonds is 14. The lowest BCUT2D eigenvalue weighted by Crippen LogP contribution is -2.54. The van der Waals surface area contributed by atoms with E-state index in [1.807, 2.05) is 6.07 Å². The Bertz CT molecular complexity index is 872. The first kappa shape index (κ1) is 25.0. The summed E-state index contributed by atoms with van der Waals surface area (Å²) in [4.78, 5) is 50.5. The van der Waals surface area contributed by atoms with Gasteiger partial charge in [-0.05, 0) is 30.9 Å². The molecule has 2 aliphatic rings. The van der Waals surface area contributed by atoms with Gasteiger partial charge in [-0.2, -0.15) is 0 Å². The number of aryl methyl sites for hydroxylation is 1. The van der Waals surface area contributed by atoms with Gasteiger partial charge in [-0.3, -0.25) is 29.4 Å². The van der Waals surface area contributed by atoms with Crippen molar-refractivity contribution in [2.45, 2.75) is 31.7 Å². The highest BCUT2D eigenvalue weighted by atomic mass is 16.6. The molecule has 0 aliphatic carbocycles. The number of benzene rings is 1. The average Bonchev–Trinajstić information content (AvgIpc) is 3.05. The van der Waals surface area contributed by atoms with Crippen LogP contribution in [0.4, 0.5) is 0 Å². The van der Waals surface area contributed by atoms with E-state index in [0.717, 1.165) is 10.5 Å². The molecule has 1 atom stereocenters. The number of ether oxygens (including phenoxy) is 4. The number of hydrogen-bond donors (Lipinski definition) is 1. The maximum atomic E-state index is 13.0. The Balaban J connectivity index is 1.43. The van der Waals surface area contributed by atoms with E-state index in [9.17, 15) is 19.2 Å². The number of nitrogens with one attached hydrogen (secondary N) is 1. The predicted molar refractivity (Wildman–Crippen MR) is 116 cm³/mol. The van der Waals surface area contributed by atoms with Crippen molar-refractivity contribution in [2.24, 2.45) is 0 Å². The summed E-state index contributed by atoms with van der Waals surface area (Å²) in [5.74, 6) is -1.98. The Kier molecular flexibility index (Phi) is 9.49. The third-order valence-corrected chi connectivity index (χ3v) is 5.47. The second-order valence-electron chi connectivity index (χ2n) is 7.72. The zero-order valence-corrected chi connectivity index (χ0v) is 18.8. The summed E-state index contributed by atoms with van der Waals surface area (Å²) in [5, 5.41) is 2.20. The lowest BCUT2D eigenvalue weighted by atomic mass is 9.99. The number of hydrogen-bond acceptors (Lipinski definition) is 8. The van der Waals surface area contributed by atoms with Crippen LogP contribution >= 0.6 is 0 Å². The van der Waals surface area contributed by atoms with Crippen LogP contribution in [0.2, 0.25) is 0 Å². The van der Waals surface area contributed by atoms with Crippen LogP contribution in [0.25, 0.3) is 0 Å². The summed E-state index contributed by atoms with van der Waals surface area (Å²) >= 11 is 0. The van der Waals surface area contributed by atoms with Crippen LogP contribution in [-0.2, 0) is 35.0 Å². The van der Waals surface area contributed by atoms with Crippen molar-refractivity contribution in [1.29, 1.82) is 0 Å². The number of nitrogens with zero attached hydrogens (tertiary/aromatic N) is 1. The van der Waals surface area contributed by atoms with E-state index < -0.39 is 29.7 Å². The van der Waals surface area contributed by atoms with Crippen molar-refractivity contribution in [2.75, 3.05) is 53.4 Å². The maximum Gasteiger partial charge on any atom is 0.262 e. The molecule has 10 heteroatoms. The maximum absolute atomic E-state index is 13.0. The highest BCUT2D eigenvalue weighted by Gasteiger charge is 2.45. The zero-order valence-electron chi connectivity index (χ0n) is 18.8. The van der Waals surface area contributed by atoms with Gasteiger partial charge in [0.05, 0.1) is 50.8 Å². The highest BCUT2D eigenvalue weighted by Crippen LogP contribution is 2.30. The van der Waals surface area contributed by atoms with Gasteiger partial charge in [0.15, 0.2) is 0 Å². The molecule has 0 spiro atoms. The quantitative estimate of drug-likeness (QED) is 0.317. The summed E-state index contributed by atoms with van der Waals surface area (Å²) in [6, 6.07) is 4.18. The van der Waals surface area contributed by atoms with Crippen LogP contribution in [0.1, 0.15) is 45.5 Å². The van der Waals surface area contributed by atoms with Gasteiger partial charge in [-0.1, -0.05) is 12.1 Å². The Labute approximate surface area is 192 Å². The second-order valence-corrected chi connectivity index (χ2v) is 7.72. The van der Waals surface area contributed by atoms with E-state index in [4.69, 9.17) is 18.9 Å². The molecule has 1 N–H and O–H groups in total. The second kappa shape index (κ2) is 12.5. The molecule has 0 bridgehead atoms. The summed E-state index contributed by atoms with van der Waals surface area (Å²) in [6.07, 6.45) is 1.45. The summed E-state index contributed by atoms with van der Waals surface area (Å²) in [6.45, 7) is 3.49. The molecule has 1 aromatic rings. The molecule has 1 saturated heterocycles. The van der Waals surface area contributed by atoms with Gasteiger partial charge in [0.2, 0.25) is 11.8 Å². The van der Waals surface area contributed by atoms with Crippen molar-refractivity contribution >= 4 is 23.6 Å². The number of carbonyl (C=O) groups excluding carboxylic acids is 4. The molecule has 1 unspecified atom stereocenters. The largest absolute Gasteiger partial charge is 0.382 e. The molecular weight excluding hydrogens is 432 g/mol. The topological polar surface area (TPSA) is 120 Å². The Morgan fingerprint density at radius 3 is 2.24 bits per heavy atom. The molecule has 180 valence electrons. The first-order valence-electron chi connectivity index (χ1n) is 11.1. The number of imide groups is 2. The van der Waals surface area contributed by atoms with E-state index in [0.29, 0.717) is 70.2 Å². The molecule has 1 fully saturated rings. The standard InChI is InChI=1S/C23H30N2O8/c1-30-10-11-32-14-15-33-13-12-31-9-3-5-16-4-2-6-17-20(16)23(29)25(22(17)28)18-7-8-19(26)24-21(18)27/h2,4,6,18H,3,5,7-15H2,1H3,(H,24,26,27). The van der Waals surface area contributed by atoms with Gasteiger partial charge < -0.3 is 18.9 Å². The molecule has 33 heavy (non-hydrogen) atoms. The van der Waals surface area contributed by atoms with Gasteiger partial charge in [0.25, 0.3) is 11.8 Å². The van der Waals surface area contributed by atoms with Gasteiger partial charge in [0.1, 0.15) is 6.04 Å². The van der Waals surface area contributed by atoms with E-state index in [1.54, 1.807) is 19.2 Å². The van der Waals surface area contributed by atoms with Gasteiger partial charge >= 0.3 is 0 Å². The van der Waals surface area contributed by atoms with Gasteiger partial charge in [0, 0.05) is 20.1 Å². The highest BCUT2D eigenvalue weighted by molar-refractivity contribution is 6.24. The van der Waals surface area contributed by atoms with Crippen LogP contribution in [0.15, 0.2) is 18.2 Å². The van der Waals surface area contributed by atoms with E-state index in [1.165, 1.54) is 0 Å². The lowest BCUT2D eigenvalue weighted by molar-refractivity contribution is -0.136. The fourth-order valence-corrected chi connectivity index (χ4v) is 3.84. The molecule has 0 aromatic heterocycles. The Morgan fingerprint density at radius 2 is 1.58 bits per heavy atom. The van der Waals surface area contributed by atoms with Crippen LogP contribution in [0, 0.1) is 0 Å². The third-order valence-electron chi connectivity index (χ3n) is 5.47. The third kappa shape index (κ3) is 6.44. The fraction of sp³-hybridized carbons (Fsp3) is 0.565. The summed E-state index contributed by atoms with van der Waals surface area (Å²) in [7, 11) is 1.62. The molecule has 3 rings (SSSR count). The smallest absolute Gasteiger partial charge is 0.262 e. The Morgan fingerprint density at radius 1 is 0.909 bits per heavy atom. The van der Waals surface area contributed by atoms with Crippen molar-refractivity contribution in [3.63, 3.8) is 0 Å². The molecule has 10 nitrogen and oxygen atoms in total. The molecule has 0 saturated carbocycles. The van der Waals surface area contributed by atoms with E-state index in [-0.39, 0.29) is 12.8 Å². The van der Waals surface area contributed by atoms with Crippen LogP contribution in [0.5, 0.6) is 0 Å². The normalized spacial score (nSPS) is 18.1. The first-order valence-corrected chi connectivity index (χ1v) is 11.1. The number of carbonyl (C=O) groups is 4. The summed E-state index contributed by atoms with van der Waals surface area (Å²) in [5.41, 5.74) is 1.38. The van der Waals surface area contributed by atoms with Gasteiger partial charge in [-0.15, -0.1) is 0 Å². The molecule has 2 heterocycles. The van der Waals surface area contributed by atoms with Crippen molar-refractivity contribution in [1.82, 2.24) is 10.2 Å². The molecular formula is C23H30N2O8. The zero-order chi connectivity index (χ0) is 23.6. The fourth-order valence-electron chi connectivity index (χ4n) is 3.84. The molecule has 0 radical (unpaired) electrons. The monoisotopic (exact) mass is 462 g/mol. The van der Waals surface area contributed by atoms with Crippen molar-refractivity contribution in [3.8, 4) is 0 Å². The Hall–Kier alpha value is -2.66.